The van der Waals surface area contributed by atoms with E-state index in [0.29, 0.717) is 34.5 Å². The molecule has 0 aliphatic carbocycles. The molecule has 0 unspecified atom stereocenters. The van der Waals surface area contributed by atoms with Crippen LogP contribution in [0.3, 0.4) is 0 Å². The van der Waals surface area contributed by atoms with Crippen molar-refractivity contribution in [2.45, 2.75) is 11.7 Å². The van der Waals surface area contributed by atoms with E-state index in [1.807, 2.05) is 28.8 Å². The lowest BCUT2D eigenvalue weighted by atomic mass is 10.1. The van der Waals surface area contributed by atoms with Gasteiger partial charge in [0.05, 0.1) is 24.2 Å². The van der Waals surface area contributed by atoms with E-state index < -0.39 is 0 Å². The number of carbonyl (C=O) groups excluding carboxylic acids is 2. The van der Waals surface area contributed by atoms with Crippen LogP contribution in [-0.2, 0) is 11.3 Å². The van der Waals surface area contributed by atoms with Crippen LogP contribution in [0.15, 0.2) is 70.7 Å². The number of hydrogen-bond donors (Lipinski definition) is 1. The predicted octanol–water partition coefficient (Wildman–Crippen LogP) is 3.29. The third kappa shape index (κ3) is 4.12. The number of rotatable bonds is 7. The molecule has 1 aliphatic rings. The average Bonchev–Trinajstić information content (AvgIpc) is 3.48. The molecule has 1 amide bonds. The zero-order valence-corrected chi connectivity index (χ0v) is 17.5. The molecule has 160 valence electrons. The Bertz CT molecular complexity index is 1270. The maximum atomic E-state index is 12.8. The van der Waals surface area contributed by atoms with Gasteiger partial charge in [-0.25, -0.2) is 0 Å². The van der Waals surface area contributed by atoms with Crippen LogP contribution < -0.4 is 10.1 Å². The molecular weight excluding hydrogens is 430 g/mol. The summed E-state index contributed by atoms with van der Waals surface area (Å²) in [5, 5.41) is 11.9. The van der Waals surface area contributed by atoms with Crippen molar-refractivity contribution >= 4 is 29.1 Å². The van der Waals surface area contributed by atoms with Gasteiger partial charge in [0, 0.05) is 23.5 Å². The zero-order valence-electron chi connectivity index (χ0n) is 16.7. The van der Waals surface area contributed by atoms with E-state index in [9.17, 15) is 9.59 Å². The van der Waals surface area contributed by atoms with Gasteiger partial charge < -0.3 is 14.5 Å². The molecular formula is C22H17N5O4S. The Kier molecular flexibility index (Phi) is 5.42. The van der Waals surface area contributed by atoms with Crippen LogP contribution in [0.25, 0.3) is 11.4 Å². The highest BCUT2D eigenvalue weighted by molar-refractivity contribution is 7.99. The van der Waals surface area contributed by atoms with Crippen LogP contribution in [-0.4, -0.2) is 43.8 Å². The summed E-state index contributed by atoms with van der Waals surface area (Å²) < 4.78 is 12.7. The van der Waals surface area contributed by atoms with Crippen LogP contribution in [0.2, 0.25) is 0 Å². The van der Waals surface area contributed by atoms with E-state index in [-0.39, 0.29) is 24.1 Å². The fraction of sp³-hybridized carbons (Fsp3) is 0.136. The van der Waals surface area contributed by atoms with E-state index in [1.165, 1.54) is 11.8 Å². The first-order valence-corrected chi connectivity index (χ1v) is 10.7. The van der Waals surface area contributed by atoms with E-state index >= 15 is 0 Å². The van der Waals surface area contributed by atoms with Gasteiger partial charge in [0.15, 0.2) is 23.4 Å². The molecule has 32 heavy (non-hydrogen) atoms. The smallest absolute Gasteiger partial charge is 0.262 e. The van der Waals surface area contributed by atoms with E-state index in [4.69, 9.17) is 9.15 Å². The number of carbonyl (C=O) groups is 2. The normalized spacial score (nSPS) is 12.7. The summed E-state index contributed by atoms with van der Waals surface area (Å²) in [6.45, 7) is 0.393. The van der Waals surface area contributed by atoms with E-state index in [2.05, 4.69) is 20.5 Å². The number of fused-ring (bicyclic) bond motifs is 1. The minimum absolute atomic E-state index is 0.0270. The van der Waals surface area contributed by atoms with Gasteiger partial charge in [-0.15, -0.1) is 10.2 Å². The van der Waals surface area contributed by atoms with Crippen LogP contribution in [0.5, 0.6) is 5.75 Å². The van der Waals surface area contributed by atoms with E-state index in [0.717, 1.165) is 11.3 Å². The molecule has 1 aromatic carbocycles. The molecule has 1 aliphatic heterocycles. The number of furan rings is 1. The van der Waals surface area contributed by atoms with Crippen LogP contribution in [0, 0.1) is 0 Å². The number of nitrogens with zero attached hydrogens (tertiary/aromatic N) is 4. The highest BCUT2D eigenvalue weighted by Crippen LogP contribution is 2.30. The number of nitrogens with one attached hydrogen (secondary N) is 1. The Labute approximate surface area is 186 Å². The monoisotopic (exact) mass is 447 g/mol. The molecule has 1 N–H and O–H groups in total. The molecule has 4 aromatic rings. The second-order valence-corrected chi connectivity index (χ2v) is 7.92. The average molecular weight is 447 g/mol. The quantitative estimate of drug-likeness (QED) is 0.339. The molecule has 9 nitrogen and oxygen atoms in total. The molecule has 0 spiro atoms. The molecule has 0 atom stereocenters. The summed E-state index contributed by atoms with van der Waals surface area (Å²) in [7, 11) is 0. The first kappa shape index (κ1) is 20.0. The Morgan fingerprint density at radius 3 is 2.94 bits per heavy atom. The highest BCUT2D eigenvalue weighted by Gasteiger charge is 2.20. The molecule has 10 heteroatoms. The van der Waals surface area contributed by atoms with Crippen molar-refractivity contribution in [1.82, 2.24) is 19.7 Å². The maximum absolute atomic E-state index is 12.8. The van der Waals surface area contributed by atoms with Gasteiger partial charge in [-0.3, -0.25) is 19.1 Å². The lowest BCUT2D eigenvalue weighted by molar-refractivity contribution is -0.118. The van der Waals surface area contributed by atoms with Crippen LogP contribution in [0.4, 0.5) is 5.69 Å². The third-order valence-electron chi connectivity index (χ3n) is 4.80. The Hall–Kier alpha value is -3.92. The van der Waals surface area contributed by atoms with Gasteiger partial charge in [0.25, 0.3) is 5.91 Å². The lowest BCUT2D eigenvalue weighted by Gasteiger charge is -2.18. The number of benzene rings is 1. The fourth-order valence-corrected chi connectivity index (χ4v) is 4.11. The minimum Gasteiger partial charge on any atom is -0.482 e. The van der Waals surface area contributed by atoms with Gasteiger partial charge >= 0.3 is 0 Å². The number of anilines is 1. The van der Waals surface area contributed by atoms with Gasteiger partial charge in [0.2, 0.25) is 0 Å². The number of pyridine rings is 1. The van der Waals surface area contributed by atoms with Gasteiger partial charge in [-0.2, -0.15) is 0 Å². The summed E-state index contributed by atoms with van der Waals surface area (Å²) in [5.41, 5.74) is 1.79. The number of amides is 1. The number of aromatic nitrogens is 4. The molecule has 4 heterocycles. The molecule has 3 aromatic heterocycles. The summed E-state index contributed by atoms with van der Waals surface area (Å²) in [6, 6.07) is 12.4. The highest BCUT2D eigenvalue weighted by atomic mass is 32.2. The SMILES string of the molecule is O=C1COc2ccc(C(=O)CSc3nnc(-c4cccnc4)n3Cc3ccco3)cc2N1. The number of ketones is 1. The van der Waals surface area contributed by atoms with Crippen molar-refractivity contribution in [3.8, 4) is 17.1 Å². The van der Waals surface area contributed by atoms with Crippen molar-refractivity contribution in [3.63, 3.8) is 0 Å². The minimum atomic E-state index is -0.245. The van der Waals surface area contributed by atoms with Crippen molar-refractivity contribution in [2.24, 2.45) is 0 Å². The largest absolute Gasteiger partial charge is 0.482 e. The second kappa shape index (κ2) is 8.67. The van der Waals surface area contributed by atoms with Crippen molar-refractivity contribution in [3.05, 3.63) is 72.4 Å². The summed E-state index contributed by atoms with van der Waals surface area (Å²) in [4.78, 5) is 28.5. The Morgan fingerprint density at radius 1 is 1.19 bits per heavy atom. The molecule has 0 radical (unpaired) electrons. The van der Waals surface area contributed by atoms with Gasteiger partial charge in [-0.05, 0) is 42.5 Å². The predicted molar refractivity (Wildman–Crippen MR) is 117 cm³/mol. The summed E-state index contributed by atoms with van der Waals surface area (Å²) in [5.74, 6) is 1.73. The zero-order chi connectivity index (χ0) is 21.9. The molecule has 0 fully saturated rings. The number of thioether (sulfide) groups is 1. The van der Waals surface area contributed by atoms with Crippen LogP contribution >= 0.6 is 11.8 Å². The summed E-state index contributed by atoms with van der Waals surface area (Å²) >= 11 is 1.28. The lowest BCUT2D eigenvalue weighted by Crippen LogP contribution is -2.25. The number of Topliss-reactive ketones (excluding diaryl/α,β-unsaturated/α-hetero) is 1. The molecule has 0 bridgehead atoms. The number of hydrogen-bond acceptors (Lipinski definition) is 8. The molecule has 0 saturated heterocycles. The van der Waals surface area contributed by atoms with Crippen molar-refractivity contribution in [2.75, 3.05) is 17.7 Å². The van der Waals surface area contributed by atoms with Crippen molar-refractivity contribution < 1.29 is 18.7 Å². The number of ether oxygens (including phenoxy) is 1. The third-order valence-corrected chi connectivity index (χ3v) is 5.76. The van der Waals surface area contributed by atoms with E-state index in [1.54, 1.807) is 36.9 Å². The Balaban J connectivity index is 1.37. The topological polar surface area (TPSA) is 112 Å². The molecule has 0 saturated carbocycles. The standard InChI is InChI=1S/C22H17N5O4S/c28-18(14-5-6-19-17(9-14)24-20(29)12-31-19)13-32-22-26-25-21(15-3-1-7-23-10-15)27(22)11-16-4-2-8-30-16/h1-10H,11-13H2,(H,24,29). The maximum Gasteiger partial charge on any atom is 0.262 e. The second-order valence-electron chi connectivity index (χ2n) is 6.97. The summed E-state index contributed by atoms with van der Waals surface area (Å²) in [6.07, 6.45) is 5.02. The Morgan fingerprint density at radius 2 is 2.12 bits per heavy atom. The molecule has 5 rings (SSSR count). The first-order valence-electron chi connectivity index (χ1n) is 9.76. The van der Waals surface area contributed by atoms with Crippen molar-refractivity contribution in [1.29, 1.82) is 0 Å². The van der Waals surface area contributed by atoms with Gasteiger partial charge in [-0.1, -0.05) is 11.8 Å². The van der Waals surface area contributed by atoms with Gasteiger partial charge in [0.1, 0.15) is 11.5 Å². The fourth-order valence-electron chi connectivity index (χ4n) is 3.27. The van der Waals surface area contributed by atoms with Crippen LogP contribution in [0.1, 0.15) is 16.1 Å². The first-order chi connectivity index (χ1) is 15.7.